The molecule has 2 N–H and O–H groups in total. The molecule has 0 saturated carbocycles. The molecule has 3 aromatic rings. The number of rotatable bonds is 4. The summed E-state index contributed by atoms with van der Waals surface area (Å²) < 4.78 is 4.71. The smallest absolute Gasteiger partial charge is 0.337 e. The molecule has 0 unspecified atom stereocenters. The Morgan fingerprint density at radius 2 is 1.84 bits per heavy atom. The van der Waals surface area contributed by atoms with Crippen LogP contribution in [0.5, 0.6) is 0 Å². The van der Waals surface area contributed by atoms with Gasteiger partial charge in [0.1, 0.15) is 0 Å². The number of esters is 1. The van der Waals surface area contributed by atoms with Crippen molar-refractivity contribution < 1.29 is 14.3 Å². The molecule has 0 atom stereocenters. The van der Waals surface area contributed by atoms with E-state index in [-0.39, 0.29) is 5.91 Å². The maximum atomic E-state index is 12.9. The molecule has 5 heteroatoms. The first-order valence-electron chi connectivity index (χ1n) is 8.00. The van der Waals surface area contributed by atoms with Crippen LogP contribution in [0.2, 0.25) is 0 Å². The number of carbonyl (C=O) groups is 2. The van der Waals surface area contributed by atoms with Crippen LogP contribution in [0, 0.1) is 0 Å². The molecule has 2 aromatic carbocycles. The van der Waals surface area contributed by atoms with E-state index in [1.54, 1.807) is 24.3 Å². The van der Waals surface area contributed by atoms with Gasteiger partial charge in [0.25, 0.3) is 0 Å². The molecule has 1 amide bonds. The third-order valence-corrected chi connectivity index (χ3v) is 4.37. The molecule has 5 nitrogen and oxygen atoms in total. The van der Waals surface area contributed by atoms with Gasteiger partial charge in [0.2, 0.25) is 5.91 Å². The van der Waals surface area contributed by atoms with Crippen molar-refractivity contribution in [1.29, 1.82) is 0 Å². The Kier molecular flexibility index (Phi) is 4.31. The van der Waals surface area contributed by atoms with E-state index >= 15 is 0 Å². The maximum Gasteiger partial charge on any atom is 0.337 e. The molecule has 1 heterocycles. The second-order valence-corrected chi connectivity index (χ2v) is 6.40. The van der Waals surface area contributed by atoms with Crippen LogP contribution in [0.3, 0.4) is 0 Å². The van der Waals surface area contributed by atoms with E-state index in [1.807, 2.05) is 44.3 Å². The molecule has 0 aliphatic carbocycles. The minimum absolute atomic E-state index is 0.153. The lowest BCUT2D eigenvalue weighted by atomic mass is 9.83. The first kappa shape index (κ1) is 16.8. The van der Waals surface area contributed by atoms with Gasteiger partial charge in [-0.2, -0.15) is 0 Å². The van der Waals surface area contributed by atoms with Crippen molar-refractivity contribution in [2.75, 3.05) is 12.4 Å². The van der Waals surface area contributed by atoms with E-state index in [4.69, 9.17) is 4.74 Å². The SMILES string of the molecule is COC(=O)c1cccc(NC(=O)C(C)(C)c2c[nH]c3ccccc23)c1. The molecule has 0 saturated heterocycles. The van der Waals surface area contributed by atoms with Gasteiger partial charge in [-0.3, -0.25) is 4.79 Å². The van der Waals surface area contributed by atoms with Crippen molar-refractivity contribution in [3.8, 4) is 0 Å². The molecule has 0 spiro atoms. The van der Waals surface area contributed by atoms with Gasteiger partial charge in [0.05, 0.1) is 18.1 Å². The second-order valence-electron chi connectivity index (χ2n) is 6.40. The van der Waals surface area contributed by atoms with Gasteiger partial charge in [-0.25, -0.2) is 4.79 Å². The Hall–Kier alpha value is -3.08. The van der Waals surface area contributed by atoms with E-state index in [9.17, 15) is 9.59 Å². The van der Waals surface area contributed by atoms with Crippen molar-refractivity contribution in [2.24, 2.45) is 0 Å². The first-order chi connectivity index (χ1) is 11.9. The lowest BCUT2D eigenvalue weighted by Gasteiger charge is -2.23. The number of aromatic nitrogens is 1. The van der Waals surface area contributed by atoms with Gasteiger partial charge in [-0.05, 0) is 43.7 Å². The summed E-state index contributed by atoms with van der Waals surface area (Å²) in [5, 5.41) is 3.91. The number of amides is 1. The Labute approximate surface area is 146 Å². The highest BCUT2D eigenvalue weighted by atomic mass is 16.5. The standard InChI is InChI=1S/C20H20N2O3/c1-20(2,16-12-21-17-10-5-4-9-15(16)17)19(24)22-14-8-6-7-13(11-14)18(23)25-3/h4-12,21H,1-3H3,(H,22,24). The molecule has 0 fully saturated rings. The van der Waals surface area contributed by atoms with Crippen molar-refractivity contribution in [1.82, 2.24) is 4.98 Å². The van der Waals surface area contributed by atoms with Crippen LogP contribution in [-0.4, -0.2) is 24.0 Å². The summed E-state index contributed by atoms with van der Waals surface area (Å²) >= 11 is 0. The summed E-state index contributed by atoms with van der Waals surface area (Å²) in [6.45, 7) is 3.75. The number of fused-ring (bicyclic) bond motifs is 1. The molecule has 25 heavy (non-hydrogen) atoms. The first-order valence-corrected chi connectivity index (χ1v) is 8.00. The van der Waals surface area contributed by atoms with E-state index in [0.29, 0.717) is 11.3 Å². The third kappa shape index (κ3) is 3.13. The van der Waals surface area contributed by atoms with Crippen LogP contribution in [0.1, 0.15) is 29.8 Å². The average Bonchev–Trinajstić information content (AvgIpc) is 3.06. The zero-order chi connectivity index (χ0) is 18.0. The number of carbonyl (C=O) groups excluding carboxylic acids is 2. The normalized spacial score (nSPS) is 11.3. The molecule has 0 aliphatic heterocycles. The number of para-hydroxylation sites is 1. The summed E-state index contributed by atoms with van der Waals surface area (Å²) in [5.74, 6) is -0.591. The Morgan fingerprint density at radius 1 is 1.08 bits per heavy atom. The predicted octanol–water partition coefficient (Wildman–Crippen LogP) is 3.87. The van der Waals surface area contributed by atoms with Crippen LogP contribution in [0.4, 0.5) is 5.69 Å². The summed E-state index contributed by atoms with van der Waals surface area (Å²) in [6, 6.07) is 14.6. The highest BCUT2D eigenvalue weighted by molar-refractivity contribution is 6.02. The van der Waals surface area contributed by atoms with Crippen LogP contribution < -0.4 is 5.32 Å². The number of aromatic amines is 1. The quantitative estimate of drug-likeness (QED) is 0.711. The minimum Gasteiger partial charge on any atom is -0.465 e. The number of hydrogen-bond acceptors (Lipinski definition) is 3. The van der Waals surface area contributed by atoms with Crippen LogP contribution in [0.15, 0.2) is 54.7 Å². The van der Waals surface area contributed by atoms with Crippen molar-refractivity contribution in [2.45, 2.75) is 19.3 Å². The van der Waals surface area contributed by atoms with Crippen molar-refractivity contribution >= 4 is 28.5 Å². The lowest BCUT2D eigenvalue weighted by molar-refractivity contribution is -0.120. The fraction of sp³-hybridized carbons (Fsp3) is 0.200. The number of ether oxygens (including phenoxy) is 1. The fourth-order valence-corrected chi connectivity index (χ4v) is 2.84. The summed E-state index contributed by atoms with van der Waals surface area (Å²) in [5.41, 5.74) is 2.11. The largest absolute Gasteiger partial charge is 0.465 e. The summed E-state index contributed by atoms with van der Waals surface area (Å²) in [4.78, 5) is 27.7. The second kappa shape index (κ2) is 6.43. The number of methoxy groups -OCH3 is 1. The average molecular weight is 336 g/mol. The van der Waals surface area contributed by atoms with E-state index in [1.165, 1.54) is 7.11 Å². The zero-order valence-corrected chi connectivity index (χ0v) is 14.4. The number of anilines is 1. The van der Waals surface area contributed by atoms with E-state index in [2.05, 4.69) is 10.3 Å². The topological polar surface area (TPSA) is 71.2 Å². The molecule has 3 rings (SSSR count). The van der Waals surface area contributed by atoms with E-state index in [0.717, 1.165) is 16.5 Å². The van der Waals surface area contributed by atoms with Gasteiger partial charge in [0.15, 0.2) is 0 Å². The molecule has 1 aromatic heterocycles. The predicted molar refractivity (Wildman–Crippen MR) is 97.7 cm³/mol. The number of H-pyrrole nitrogens is 1. The van der Waals surface area contributed by atoms with Gasteiger partial charge in [0, 0.05) is 22.8 Å². The zero-order valence-electron chi connectivity index (χ0n) is 14.4. The summed E-state index contributed by atoms with van der Waals surface area (Å²) in [6.07, 6.45) is 1.87. The Balaban J connectivity index is 1.88. The summed E-state index contributed by atoms with van der Waals surface area (Å²) in [7, 11) is 1.33. The molecule has 0 bridgehead atoms. The Bertz CT molecular complexity index is 941. The van der Waals surface area contributed by atoms with Crippen molar-refractivity contribution in [3.05, 3.63) is 65.9 Å². The fourth-order valence-electron chi connectivity index (χ4n) is 2.84. The molecular formula is C20H20N2O3. The molecular weight excluding hydrogens is 316 g/mol. The molecule has 128 valence electrons. The highest BCUT2D eigenvalue weighted by Gasteiger charge is 2.32. The van der Waals surface area contributed by atoms with Crippen LogP contribution in [0.25, 0.3) is 10.9 Å². The molecule has 0 radical (unpaired) electrons. The van der Waals surface area contributed by atoms with Gasteiger partial charge >= 0.3 is 5.97 Å². The maximum absolute atomic E-state index is 12.9. The van der Waals surface area contributed by atoms with Gasteiger partial charge in [-0.1, -0.05) is 24.3 Å². The third-order valence-electron chi connectivity index (χ3n) is 4.37. The van der Waals surface area contributed by atoms with Crippen LogP contribution >= 0.6 is 0 Å². The van der Waals surface area contributed by atoms with Gasteiger partial charge in [-0.15, -0.1) is 0 Å². The number of nitrogens with one attached hydrogen (secondary N) is 2. The highest BCUT2D eigenvalue weighted by Crippen LogP contribution is 2.31. The van der Waals surface area contributed by atoms with Crippen LogP contribution in [-0.2, 0) is 14.9 Å². The monoisotopic (exact) mass is 336 g/mol. The Morgan fingerprint density at radius 3 is 2.60 bits per heavy atom. The van der Waals surface area contributed by atoms with Gasteiger partial charge < -0.3 is 15.0 Å². The number of benzene rings is 2. The minimum atomic E-state index is -0.749. The molecule has 0 aliphatic rings. The lowest BCUT2D eigenvalue weighted by Crippen LogP contribution is -2.34. The number of hydrogen-bond donors (Lipinski definition) is 2. The van der Waals surface area contributed by atoms with Crippen molar-refractivity contribution in [3.63, 3.8) is 0 Å². The van der Waals surface area contributed by atoms with E-state index < -0.39 is 11.4 Å².